The Labute approximate surface area is 106 Å². The number of rotatable bonds is 3. The largest absolute Gasteiger partial charge is 0.399 e. The van der Waals surface area contributed by atoms with E-state index >= 15 is 0 Å². The third kappa shape index (κ3) is 1.97. The lowest BCUT2D eigenvalue weighted by Crippen LogP contribution is -2.45. The molecule has 1 aromatic rings. The summed E-state index contributed by atoms with van der Waals surface area (Å²) in [5, 5.41) is 0. The summed E-state index contributed by atoms with van der Waals surface area (Å²) in [6.45, 7) is 2.40. The van der Waals surface area contributed by atoms with Gasteiger partial charge in [-0.05, 0) is 24.6 Å². The quantitative estimate of drug-likeness (QED) is 0.640. The number of hydrogen-bond acceptors (Lipinski definition) is 4. The molecule has 96 valence electrons. The number of anilines is 1. The molecule has 0 spiro atoms. The summed E-state index contributed by atoms with van der Waals surface area (Å²) in [4.78, 5) is 25.6. The highest BCUT2D eigenvalue weighted by Crippen LogP contribution is 2.30. The molecule has 2 rings (SSSR count). The molecule has 18 heavy (non-hydrogen) atoms. The molecule has 0 radical (unpaired) electrons. The smallest absolute Gasteiger partial charge is 0.260 e. The van der Waals surface area contributed by atoms with E-state index in [1.54, 1.807) is 25.1 Å². The molecule has 0 saturated heterocycles. The van der Waals surface area contributed by atoms with Crippen LogP contribution in [0.2, 0.25) is 0 Å². The van der Waals surface area contributed by atoms with E-state index in [-0.39, 0.29) is 24.3 Å². The monoisotopic (exact) mass is 248 g/mol. The molecule has 1 heterocycles. The van der Waals surface area contributed by atoms with Crippen molar-refractivity contribution in [2.75, 3.05) is 26.0 Å². The second-order valence-corrected chi connectivity index (χ2v) is 4.36. The Kier molecular flexibility index (Phi) is 3.34. The normalized spacial score (nSPS) is 19.0. The Morgan fingerprint density at radius 1 is 1.39 bits per heavy atom. The van der Waals surface area contributed by atoms with Gasteiger partial charge in [-0.2, -0.15) is 0 Å². The van der Waals surface area contributed by atoms with E-state index in [2.05, 4.69) is 0 Å². The standard InChI is InChI=1S/C13H16N2O3/c1-8-10-4-3-9(14)7-11(10)13(17)15(12(8)16)5-6-18-2/h3-4,7-8H,5-6,14H2,1-2H3. The molecule has 1 aliphatic rings. The van der Waals surface area contributed by atoms with Crippen LogP contribution in [-0.4, -0.2) is 37.0 Å². The van der Waals surface area contributed by atoms with Crippen LogP contribution in [0.25, 0.3) is 0 Å². The second-order valence-electron chi connectivity index (χ2n) is 4.36. The number of nitrogen functional groups attached to an aromatic ring is 1. The maximum Gasteiger partial charge on any atom is 0.260 e. The van der Waals surface area contributed by atoms with Crippen LogP contribution in [0.4, 0.5) is 5.69 Å². The van der Waals surface area contributed by atoms with E-state index in [0.717, 1.165) is 5.56 Å². The van der Waals surface area contributed by atoms with Crippen LogP contribution < -0.4 is 5.73 Å². The van der Waals surface area contributed by atoms with Crippen molar-refractivity contribution in [1.29, 1.82) is 0 Å². The summed E-state index contributed by atoms with van der Waals surface area (Å²) in [5.74, 6) is -0.804. The van der Waals surface area contributed by atoms with Gasteiger partial charge < -0.3 is 10.5 Å². The molecular weight excluding hydrogens is 232 g/mol. The van der Waals surface area contributed by atoms with Crippen molar-refractivity contribution in [1.82, 2.24) is 4.90 Å². The number of amides is 2. The fraction of sp³-hybridized carbons (Fsp3) is 0.385. The first kappa shape index (κ1) is 12.6. The third-order valence-corrected chi connectivity index (χ3v) is 3.17. The van der Waals surface area contributed by atoms with Crippen LogP contribution in [0.5, 0.6) is 0 Å². The first-order valence-corrected chi connectivity index (χ1v) is 5.80. The number of nitrogens with zero attached hydrogens (tertiary/aromatic N) is 1. The van der Waals surface area contributed by atoms with Crippen molar-refractivity contribution in [3.63, 3.8) is 0 Å². The van der Waals surface area contributed by atoms with E-state index < -0.39 is 0 Å². The zero-order chi connectivity index (χ0) is 13.3. The van der Waals surface area contributed by atoms with E-state index in [1.165, 1.54) is 12.0 Å². The van der Waals surface area contributed by atoms with E-state index in [0.29, 0.717) is 17.9 Å². The van der Waals surface area contributed by atoms with Gasteiger partial charge in [0.15, 0.2) is 0 Å². The molecule has 0 saturated carbocycles. The van der Waals surface area contributed by atoms with Crippen LogP contribution in [0.3, 0.4) is 0 Å². The summed E-state index contributed by atoms with van der Waals surface area (Å²) < 4.78 is 4.92. The summed E-state index contributed by atoms with van der Waals surface area (Å²) in [6, 6.07) is 5.08. The first-order valence-electron chi connectivity index (χ1n) is 5.80. The topological polar surface area (TPSA) is 72.6 Å². The molecule has 1 aliphatic heterocycles. The minimum Gasteiger partial charge on any atom is -0.399 e. The highest BCUT2D eigenvalue weighted by atomic mass is 16.5. The Morgan fingerprint density at radius 3 is 2.78 bits per heavy atom. The van der Waals surface area contributed by atoms with Gasteiger partial charge in [-0.15, -0.1) is 0 Å². The van der Waals surface area contributed by atoms with Gasteiger partial charge in [-0.3, -0.25) is 14.5 Å². The lowest BCUT2D eigenvalue weighted by Gasteiger charge is -2.30. The fourth-order valence-corrected chi connectivity index (χ4v) is 2.14. The van der Waals surface area contributed by atoms with Gasteiger partial charge in [0.25, 0.3) is 5.91 Å². The number of carbonyl (C=O) groups excluding carboxylic acids is 2. The number of carbonyl (C=O) groups is 2. The summed E-state index contributed by atoms with van der Waals surface area (Å²) in [6.07, 6.45) is 0. The number of ether oxygens (including phenoxy) is 1. The van der Waals surface area contributed by atoms with Gasteiger partial charge in [0.05, 0.1) is 19.1 Å². The van der Waals surface area contributed by atoms with Gasteiger partial charge in [0.2, 0.25) is 5.91 Å². The summed E-state index contributed by atoms with van der Waals surface area (Å²) in [7, 11) is 1.54. The molecule has 5 nitrogen and oxygen atoms in total. The van der Waals surface area contributed by atoms with Crippen molar-refractivity contribution in [3.8, 4) is 0 Å². The Hall–Kier alpha value is -1.88. The zero-order valence-corrected chi connectivity index (χ0v) is 10.5. The number of methoxy groups -OCH3 is 1. The minimum atomic E-state index is -0.324. The average Bonchev–Trinajstić information content (AvgIpc) is 2.36. The Bertz CT molecular complexity index is 499. The van der Waals surface area contributed by atoms with Crippen LogP contribution >= 0.6 is 0 Å². The van der Waals surface area contributed by atoms with Crippen molar-refractivity contribution in [2.45, 2.75) is 12.8 Å². The maximum absolute atomic E-state index is 12.2. The molecule has 0 aliphatic carbocycles. The SMILES string of the molecule is COCCN1C(=O)c2cc(N)ccc2C(C)C1=O. The highest BCUT2D eigenvalue weighted by molar-refractivity contribution is 6.11. The van der Waals surface area contributed by atoms with Crippen molar-refractivity contribution in [3.05, 3.63) is 29.3 Å². The van der Waals surface area contributed by atoms with Crippen molar-refractivity contribution >= 4 is 17.5 Å². The second kappa shape index (κ2) is 4.78. The van der Waals surface area contributed by atoms with Crippen molar-refractivity contribution < 1.29 is 14.3 Å². The molecule has 5 heteroatoms. The number of imide groups is 1. The minimum absolute atomic E-state index is 0.186. The van der Waals surface area contributed by atoms with E-state index in [1.807, 2.05) is 0 Å². The molecule has 2 N–H and O–H groups in total. The number of nitrogens with two attached hydrogens (primary N) is 1. The van der Waals surface area contributed by atoms with Gasteiger partial charge in [0, 0.05) is 18.4 Å². The first-order chi connectivity index (χ1) is 8.56. The lowest BCUT2D eigenvalue weighted by atomic mass is 9.89. The molecule has 1 atom stereocenters. The van der Waals surface area contributed by atoms with Gasteiger partial charge in [-0.25, -0.2) is 0 Å². The highest BCUT2D eigenvalue weighted by Gasteiger charge is 2.35. The van der Waals surface area contributed by atoms with Crippen molar-refractivity contribution in [2.24, 2.45) is 0 Å². The van der Waals surface area contributed by atoms with Crippen LogP contribution in [0.15, 0.2) is 18.2 Å². The Morgan fingerprint density at radius 2 is 2.11 bits per heavy atom. The third-order valence-electron chi connectivity index (χ3n) is 3.17. The van der Waals surface area contributed by atoms with Gasteiger partial charge >= 0.3 is 0 Å². The molecule has 1 aromatic carbocycles. The van der Waals surface area contributed by atoms with Gasteiger partial charge in [0.1, 0.15) is 0 Å². The molecule has 1 unspecified atom stereocenters. The molecule has 0 fully saturated rings. The fourth-order valence-electron chi connectivity index (χ4n) is 2.14. The number of benzene rings is 1. The molecule has 2 amide bonds. The lowest BCUT2D eigenvalue weighted by molar-refractivity contribution is -0.130. The average molecular weight is 248 g/mol. The zero-order valence-electron chi connectivity index (χ0n) is 10.5. The summed E-state index contributed by atoms with van der Waals surface area (Å²) >= 11 is 0. The van der Waals surface area contributed by atoms with E-state index in [9.17, 15) is 9.59 Å². The predicted octanol–water partition coefficient (Wildman–Crippen LogP) is 1.00. The molecular formula is C13H16N2O3. The number of fused-ring (bicyclic) bond motifs is 1. The molecule has 0 bridgehead atoms. The summed E-state index contributed by atoms with van der Waals surface area (Å²) in [5.41, 5.74) is 7.47. The van der Waals surface area contributed by atoms with Gasteiger partial charge in [-0.1, -0.05) is 6.07 Å². The number of hydrogen-bond donors (Lipinski definition) is 1. The van der Waals surface area contributed by atoms with Crippen LogP contribution in [0.1, 0.15) is 28.8 Å². The van der Waals surface area contributed by atoms with E-state index in [4.69, 9.17) is 10.5 Å². The predicted molar refractivity (Wildman–Crippen MR) is 67.2 cm³/mol. The maximum atomic E-state index is 12.2. The van der Waals surface area contributed by atoms with Crippen LogP contribution in [-0.2, 0) is 9.53 Å². The molecule has 0 aromatic heterocycles. The van der Waals surface area contributed by atoms with Crippen LogP contribution in [0, 0.1) is 0 Å². The Balaban J connectivity index is 2.41.